The van der Waals surface area contributed by atoms with Crippen molar-refractivity contribution >= 4 is 31.7 Å². The Hall–Kier alpha value is 0.550. The minimum absolute atomic E-state index is 0.163. The summed E-state index contributed by atoms with van der Waals surface area (Å²) >= 11 is 1.80. The Morgan fingerprint density at radius 1 is 1.38 bits per heavy atom. The van der Waals surface area contributed by atoms with Crippen LogP contribution in [-0.4, -0.2) is 36.3 Å². The molecule has 0 saturated carbocycles. The Morgan fingerprint density at radius 2 is 2.00 bits per heavy atom. The van der Waals surface area contributed by atoms with Gasteiger partial charge in [-0.2, -0.15) is 24.5 Å². The van der Waals surface area contributed by atoms with Crippen molar-refractivity contribution in [1.29, 1.82) is 0 Å². The monoisotopic (exact) mass is 243 g/mol. The van der Waals surface area contributed by atoms with Crippen molar-refractivity contribution < 1.29 is 8.42 Å². The highest BCUT2D eigenvalue weighted by atomic mass is 35.7. The van der Waals surface area contributed by atoms with Crippen molar-refractivity contribution in [2.45, 2.75) is 25.0 Å². The topological polar surface area (TPSA) is 37.4 Å². The van der Waals surface area contributed by atoms with Crippen LogP contribution < -0.4 is 0 Å². The van der Waals surface area contributed by atoms with Crippen LogP contribution in [0.5, 0.6) is 0 Å². The van der Waals surface area contributed by atoms with Crippen molar-refractivity contribution in [3.8, 4) is 0 Å². The van der Waals surface area contributed by atoms with Crippen LogP contribution in [0.3, 0.4) is 0 Å². The predicted molar refractivity (Wildman–Crippen MR) is 57.5 cm³/mol. The third kappa shape index (κ3) is 3.65. The number of hydrogen-bond donors (Lipinski definition) is 0. The molecule has 0 aromatic rings. The summed E-state index contributed by atoms with van der Waals surface area (Å²) in [5.74, 6) is 0.818. The van der Waals surface area contributed by atoms with Crippen LogP contribution in [0.15, 0.2) is 0 Å². The van der Waals surface area contributed by atoms with E-state index in [0.717, 1.165) is 12.2 Å². The number of hydrogen-bond acceptors (Lipinski definition) is 3. The maximum Gasteiger partial charge on any atom is 0.299 e. The van der Waals surface area contributed by atoms with Gasteiger partial charge in [0.25, 0.3) is 9.24 Å². The molecule has 6 heteroatoms. The Bertz CT molecular complexity index is 276. The molecule has 0 unspecified atom stereocenters. The Kier molecular flexibility index (Phi) is 3.54. The number of nitrogens with zero attached hydrogens (tertiary/aromatic N) is 1. The summed E-state index contributed by atoms with van der Waals surface area (Å²) in [5, 5.41) is 0. The van der Waals surface area contributed by atoms with Gasteiger partial charge in [-0.1, -0.05) is 13.8 Å². The zero-order valence-corrected chi connectivity index (χ0v) is 10.2. The Morgan fingerprint density at radius 3 is 2.54 bits per heavy atom. The highest BCUT2D eigenvalue weighted by Gasteiger charge is 2.28. The van der Waals surface area contributed by atoms with Crippen molar-refractivity contribution in [2.75, 3.05) is 18.8 Å². The molecule has 0 radical (unpaired) electrons. The van der Waals surface area contributed by atoms with E-state index in [0.29, 0.717) is 13.1 Å². The lowest BCUT2D eigenvalue weighted by molar-refractivity contribution is 0.425. The highest BCUT2D eigenvalue weighted by molar-refractivity contribution is 8.11. The molecule has 13 heavy (non-hydrogen) atoms. The molecule has 1 aliphatic heterocycles. The third-order valence-corrected chi connectivity index (χ3v) is 5.04. The molecule has 1 fully saturated rings. The molecule has 0 bridgehead atoms. The number of rotatable bonds is 1. The zero-order valence-electron chi connectivity index (χ0n) is 7.79. The third-order valence-electron chi connectivity index (χ3n) is 2.11. The molecular weight excluding hydrogens is 230 g/mol. The van der Waals surface area contributed by atoms with E-state index in [-0.39, 0.29) is 4.75 Å². The molecule has 1 aliphatic rings. The summed E-state index contributed by atoms with van der Waals surface area (Å²) < 4.78 is 23.6. The number of thioether (sulfide) groups is 1. The number of halogens is 1. The molecule has 0 aromatic heterocycles. The van der Waals surface area contributed by atoms with E-state index in [2.05, 4.69) is 13.8 Å². The first-order valence-electron chi connectivity index (χ1n) is 4.15. The molecule has 1 rings (SSSR count). The van der Waals surface area contributed by atoms with E-state index in [9.17, 15) is 8.42 Å². The van der Waals surface area contributed by atoms with Gasteiger partial charge in [-0.25, -0.2) is 0 Å². The first-order valence-corrected chi connectivity index (χ1v) is 7.40. The van der Waals surface area contributed by atoms with Gasteiger partial charge in [-0.05, 0) is 6.42 Å². The summed E-state index contributed by atoms with van der Waals surface area (Å²) in [7, 11) is 1.76. The molecule has 0 atom stereocenters. The second kappa shape index (κ2) is 3.96. The Balaban J connectivity index is 2.66. The smallest absolute Gasteiger partial charge is 0.195 e. The van der Waals surface area contributed by atoms with Gasteiger partial charge in [0.15, 0.2) is 0 Å². The highest BCUT2D eigenvalue weighted by Crippen LogP contribution is 2.31. The van der Waals surface area contributed by atoms with Crippen molar-refractivity contribution in [3.05, 3.63) is 0 Å². The SMILES string of the molecule is CC1(C)CCN(S(=O)(=O)Cl)CCS1. The van der Waals surface area contributed by atoms with Crippen LogP contribution >= 0.6 is 22.4 Å². The fraction of sp³-hybridized carbons (Fsp3) is 1.00. The second-order valence-corrected chi connectivity index (χ2v) is 8.01. The van der Waals surface area contributed by atoms with Gasteiger partial charge in [0, 0.05) is 34.3 Å². The fourth-order valence-electron chi connectivity index (χ4n) is 1.22. The molecule has 78 valence electrons. The molecule has 0 aliphatic carbocycles. The van der Waals surface area contributed by atoms with Crippen LogP contribution in [-0.2, 0) is 9.24 Å². The van der Waals surface area contributed by atoms with Gasteiger partial charge in [0.05, 0.1) is 0 Å². The molecular formula is C7H14ClNO2S2. The molecule has 1 saturated heterocycles. The maximum atomic E-state index is 11.0. The normalized spacial score (nSPS) is 25.5. The standard InChI is InChI=1S/C7H14ClNO2S2/c1-7(2)3-4-9(5-6-12-7)13(8,10)11/h3-6H2,1-2H3. The van der Waals surface area contributed by atoms with Gasteiger partial charge in [0.2, 0.25) is 0 Å². The van der Waals surface area contributed by atoms with Gasteiger partial charge < -0.3 is 0 Å². The average Bonchev–Trinajstić information content (AvgIpc) is 2.08. The van der Waals surface area contributed by atoms with E-state index in [1.54, 1.807) is 11.8 Å². The predicted octanol–water partition coefficient (Wildman–Crippen LogP) is 1.69. The summed E-state index contributed by atoms with van der Waals surface area (Å²) in [6.07, 6.45) is 0.851. The van der Waals surface area contributed by atoms with E-state index in [1.807, 2.05) is 0 Å². The van der Waals surface area contributed by atoms with E-state index < -0.39 is 9.24 Å². The minimum atomic E-state index is -3.51. The van der Waals surface area contributed by atoms with Gasteiger partial charge in [0.1, 0.15) is 0 Å². The molecule has 0 aromatic carbocycles. The average molecular weight is 244 g/mol. The van der Waals surface area contributed by atoms with Crippen LogP contribution in [0, 0.1) is 0 Å². The van der Waals surface area contributed by atoms with Crippen LogP contribution in [0.2, 0.25) is 0 Å². The van der Waals surface area contributed by atoms with Gasteiger partial charge >= 0.3 is 0 Å². The van der Waals surface area contributed by atoms with Gasteiger partial charge in [-0.15, -0.1) is 0 Å². The molecule has 0 spiro atoms. The van der Waals surface area contributed by atoms with Gasteiger partial charge in [-0.3, -0.25) is 0 Å². The minimum Gasteiger partial charge on any atom is -0.195 e. The van der Waals surface area contributed by atoms with E-state index >= 15 is 0 Å². The van der Waals surface area contributed by atoms with E-state index in [1.165, 1.54) is 4.31 Å². The summed E-state index contributed by atoms with van der Waals surface area (Å²) in [6, 6.07) is 0. The Labute approximate surface area is 88.4 Å². The summed E-state index contributed by atoms with van der Waals surface area (Å²) in [5.41, 5.74) is 0. The largest absolute Gasteiger partial charge is 0.299 e. The molecule has 1 heterocycles. The second-order valence-electron chi connectivity index (χ2n) is 3.70. The van der Waals surface area contributed by atoms with Crippen LogP contribution in [0.4, 0.5) is 0 Å². The van der Waals surface area contributed by atoms with Crippen molar-refractivity contribution in [2.24, 2.45) is 0 Å². The lowest BCUT2D eigenvalue weighted by atomic mass is 10.1. The van der Waals surface area contributed by atoms with Crippen LogP contribution in [0.25, 0.3) is 0 Å². The first-order chi connectivity index (χ1) is 5.81. The fourth-order valence-corrected chi connectivity index (χ4v) is 3.47. The molecule has 3 nitrogen and oxygen atoms in total. The van der Waals surface area contributed by atoms with Crippen molar-refractivity contribution in [1.82, 2.24) is 4.31 Å². The zero-order chi connectivity index (χ0) is 10.1. The van der Waals surface area contributed by atoms with Crippen LogP contribution in [0.1, 0.15) is 20.3 Å². The lowest BCUT2D eigenvalue weighted by Gasteiger charge is -2.20. The molecule has 0 N–H and O–H groups in total. The first kappa shape index (κ1) is 11.6. The quantitative estimate of drug-likeness (QED) is 0.658. The van der Waals surface area contributed by atoms with E-state index in [4.69, 9.17) is 10.7 Å². The maximum absolute atomic E-state index is 11.0. The van der Waals surface area contributed by atoms with Crippen molar-refractivity contribution in [3.63, 3.8) is 0 Å². The summed E-state index contributed by atoms with van der Waals surface area (Å²) in [6.45, 7) is 5.32. The molecule has 0 amide bonds. The summed E-state index contributed by atoms with van der Waals surface area (Å²) in [4.78, 5) is 0. The lowest BCUT2D eigenvalue weighted by Crippen LogP contribution is -2.30.